The van der Waals surface area contributed by atoms with Crippen LogP contribution in [0, 0.1) is 12.8 Å². The number of benzene rings is 2. The van der Waals surface area contributed by atoms with Crippen molar-refractivity contribution in [1.82, 2.24) is 4.31 Å². The highest BCUT2D eigenvalue weighted by atomic mass is 35.5. The largest absolute Gasteiger partial charge is 0.326 e. The van der Waals surface area contributed by atoms with Gasteiger partial charge in [-0.05, 0) is 55.2 Å². The van der Waals surface area contributed by atoms with Crippen LogP contribution < -0.4 is 5.32 Å². The fourth-order valence-corrected chi connectivity index (χ4v) is 5.23. The first-order chi connectivity index (χ1) is 13.2. The van der Waals surface area contributed by atoms with E-state index in [1.54, 1.807) is 18.2 Å². The van der Waals surface area contributed by atoms with Crippen molar-refractivity contribution in [3.63, 3.8) is 0 Å². The third-order valence-corrected chi connectivity index (χ3v) is 7.32. The van der Waals surface area contributed by atoms with E-state index in [4.69, 9.17) is 23.2 Å². The summed E-state index contributed by atoms with van der Waals surface area (Å²) in [5, 5.41) is 3.60. The third kappa shape index (κ3) is 5.26. The van der Waals surface area contributed by atoms with E-state index in [1.807, 2.05) is 31.2 Å². The van der Waals surface area contributed by atoms with Crippen molar-refractivity contribution in [1.29, 1.82) is 0 Å². The van der Waals surface area contributed by atoms with Gasteiger partial charge in [-0.3, -0.25) is 4.79 Å². The zero-order valence-electron chi connectivity index (χ0n) is 15.5. The van der Waals surface area contributed by atoms with Crippen LogP contribution in [0.25, 0.3) is 0 Å². The third-order valence-electron chi connectivity index (χ3n) is 4.77. The summed E-state index contributed by atoms with van der Waals surface area (Å²) in [7, 11) is -3.56. The van der Waals surface area contributed by atoms with Crippen molar-refractivity contribution < 1.29 is 13.2 Å². The maximum absolute atomic E-state index is 12.8. The number of carbonyl (C=O) groups is 1. The second kappa shape index (κ2) is 8.82. The zero-order valence-corrected chi connectivity index (χ0v) is 17.8. The van der Waals surface area contributed by atoms with E-state index in [9.17, 15) is 13.2 Å². The molecule has 0 aliphatic carbocycles. The summed E-state index contributed by atoms with van der Waals surface area (Å²) in [6, 6.07) is 12.3. The van der Waals surface area contributed by atoms with Gasteiger partial charge in [0, 0.05) is 18.8 Å². The lowest BCUT2D eigenvalue weighted by atomic mass is 9.98. The topological polar surface area (TPSA) is 66.5 Å². The van der Waals surface area contributed by atoms with Gasteiger partial charge in [0.1, 0.15) is 0 Å². The molecule has 3 rings (SSSR count). The Morgan fingerprint density at radius 3 is 2.68 bits per heavy atom. The van der Waals surface area contributed by atoms with Gasteiger partial charge in [0.2, 0.25) is 15.9 Å². The molecule has 0 spiro atoms. The average molecular weight is 441 g/mol. The Morgan fingerprint density at radius 2 is 1.96 bits per heavy atom. The molecule has 1 heterocycles. The monoisotopic (exact) mass is 440 g/mol. The molecule has 0 aromatic heterocycles. The van der Waals surface area contributed by atoms with Gasteiger partial charge in [-0.15, -0.1) is 0 Å². The summed E-state index contributed by atoms with van der Waals surface area (Å²) in [6.07, 6.45) is 1.31. The molecule has 0 radical (unpaired) electrons. The van der Waals surface area contributed by atoms with Crippen molar-refractivity contribution in [3.05, 3.63) is 63.6 Å². The van der Waals surface area contributed by atoms with Crippen LogP contribution in [0.3, 0.4) is 0 Å². The van der Waals surface area contributed by atoms with Gasteiger partial charge in [-0.1, -0.05) is 41.4 Å². The van der Waals surface area contributed by atoms with Gasteiger partial charge in [0.15, 0.2) is 0 Å². The van der Waals surface area contributed by atoms with E-state index in [0.717, 1.165) is 11.3 Å². The average Bonchev–Trinajstić information content (AvgIpc) is 2.65. The molecule has 28 heavy (non-hydrogen) atoms. The SMILES string of the molecule is Cc1cccc(NC(=O)C2CCCN(S(=O)(=O)Cc3ccc(Cl)c(Cl)c3)C2)c1. The molecule has 1 aliphatic heterocycles. The van der Waals surface area contributed by atoms with Crippen LogP contribution in [0.4, 0.5) is 5.69 Å². The van der Waals surface area contributed by atoms with Crippen LogP contribution in [0.15, 0.2) is 42.5 Å². The Morgan fingerprint density at radius 1 is 1.18 bits per heavy atom. The van der Waals surface area contributed by atoms with Crippen LogP contribution in [-0.4, -0.2) is 31.7 Å². The van der Waals surface area contributed by atoms with Gasteiger partial charge in [-0.25, -0.2) is 12.7 Å². The predicted molar refractivity (Wildman–Crippen MR) is 113 cm³/mol. The van der Waals surface area contributed by atoms with E-state index in [-0.39, 0.29) is 24.1 Å². The first kappa shape index (κ1) is 21.1. The fourth-order valence-electron chi connectivity index (χ4n) is 3.31. The van der Waals surface area contributed by atoms with Gasteiger partial charge in [0.05, 0.1) is 21.7 Å². The van der Waals surface area contributed by atoms with Crippen molar-refractivity contribution in [2.24, 2.45) is 5.92 Å². The number of aryl methyl sites for hydroxylation is 1. The summed E-state index contributed by atoms with van der Waals surface area (Å²) in [6.45, 7) is 2.55. The van der Waals surface area contributed by atoms with E-state index < -0.39 is 10.0 Å². The number of anilines is 1. The van der Waals surface area contributed by atoms with Crippen LogP contribution in [-0.2, 0) is 20.6 Å². The maximum atomic E-state index is 12.8. The molecular formula is C20H22Cl2N2O3S. The first-order valence-corrected chi connectivity index (χ1v) is 11.4. The molecule has 5 nitrogen and oxygen atoms in total. The fraction of sp³-hybridized carbons (Fsp3) is 0.350. The van der Waals surface area contributed by atoms with Crippen molar-refractivity contribution in [2.45, 2.75) is 25.5 Å². The Hall–Kier alpha value is -1.60. The van der Waals surface area contributed by atoms with Crippen LogP contribution in [0.1, 0.15) is 24.0 Å². The van der Waals surface area contributed by atoms with E-state index in [2.05, 4.69) is 5.32 Å². The highest BCUT2D eigenvalue weighted by Gasteiger charge is 2.32. The number of halogens is 2. The lowest BCUT2D eigenvalue weighted by Gasteiger charge is -2.31. The molecule has 1 fully saturated rings. The number of hydrogen-bond donors (Lipinski definition) is 1. The molecule has 0 saturated carbocycles. The van der Waals surface area contributed by atoms with Crippen molar-refractivity contribution in [2.75, 3.05) is 18.4 Å². The molecule has 150 valence electrons. The Labute approximate surface area is 175 Å². The summed E-state index contributed by atoms with van der Waals surface area (Å²) in [5.41, 5.74) is 2.34. The molecule has 1 unspecified atom stereocenters. The first-order valence-electron chi connectivity index (χ1n) is 9.04. The van der Waals surface area contributed by atoms with Gasteiger partial charge >= 0.3 is 0 Å². The highest BCUT2D eigenvalue weighted by Crippen LogP contribution is 2.26. The van der Waals surface area contributed by atoms with E-state index in [0.29, 0.717) is 35.0 Å². The minimum atomic E-state index is -3.56. The number of piperidine rings is 1. The molecular weight excluding hydrogens is 419 g/mol. The van der Waals surface area contributed by atoms with Crippen LogP contribution in [0.2, 0.25) is 10.0 Å². The molecule has 1 saturated heterocycles. The molecule has 0 bridgehead atoms. The molecule has 1 N–H and O–H groups in total. The maximum Gasteiger partial charge on any atom is 0.228 e. The standard InChI is InChI=1S/C20H22Cl2N2O3S/c1-14-4-2-6-17(10-14)23-20(25)16-5-3-9-24(12-16)28(26,27)13-15-7-8-18(21)19(22)11-15/h2,4,6-8,10-11,16H,3,5,9,12-13H2,1H3,(H,23,25). The summed E-state index contributed by atoms with van der Waals surface area (Å²) in [4.78, 5) is 12.6. The minimum Gasteiger partial charge on any atom is -0.326 e. The number of rotatable bonds is 5. The van der Waals surface area contributed by atoms with E-state index >= 15 is 0 Å². The molecule has 1 amide bonds. The zero-order chi connectivity index (χ0) is 20.3. The number of nitrogens with one attached hydrogen (secondary N) is 1. The summed E-state index contributed by atoms with van der Waals surface area (Å²) in [5.74, 6) is -0.700. The lowest BCUT2D eigenvalue weighted by Crippen LogP contribution is -2.44. The molecule has 1 atom stereocenters. The van der Waals surface area contributed by atoms with Crippen molar-refractivity contribution >= 4 is 44.8 Å². The second-order valence-electron chi connectivity index (χ2n) is 7.06. The minimum absolute atomic E-state index is 0.153. The van der Waals surface area contributed by atoms with E-state index in [1.165, 1.54) is 4.31 Å². The number of nitrogens with zero attached hydrogens (tertiary/aromatic N) is 1. The number of amides is 1. The van der Waals surface area contributed by atoms with Gasteiger partial charge in [-0.2, -0.15) is 0 Å². The Balaban J connectivity index is 1.67. The molecule has 8 heteroatoms. The Kier molecular flexibility index (Phi) is 6.65. The predicted octanol–water partition coefficient (Wildman–Crippen LogP) is 4.48. The quantitative estimate of drug-likeness (QED) is 0.744. The van der Waals surface area contributed by atoms with Crippen LogP contribution in [0.5, 0.6) is 0 Å². The molecule has 2 aromatic rings. The summed E-state index contributed by atoms with van der Waals surface area (Å²) >= 11 is 11.9. The number of sulfonamides is 1. The lowest BCUT2D eigenvalue weighted by molar-refractivity contribution is -0.120. The van der Waals surface area contributed by atoms with Crippen molar-refractivity contribution in [3.8, 4) is 0 Å². The van der Waals surface area contributed by atoms with Gasteiger partial charge in [0.25, 0.3) is 0 Å². The Bertz CT molecular complexity index is 979. The smallest absolute Gasteiger partial charge is 0.228 e. The second-order valence-corrected chi connectivity index (χ2v) is 9.84. The summed E-state index contributed by atoms with van der Waals surface area (Å²) < 4.78 is 27.1. The highest BCUT2D eigenvalue weighted by molar-refractivity contribution is 7.88. The van der Waals surface area contributed by atoms with Gasteiger partial charge < -0.3 is 5.32 Å². The number of carbonyl (C=O) groups excluding carboxylic acids is 1. The molecule has 2 aromatic carbocycles. The molecule has 1 aliphatic rings. The normalized spacial score (nSPS) is 18.0. The van der Waals surface area contributed by atoms with Crippen LogP contribution >= 0.6 is 23.2 Å². The number of hydrogen-bond acceptors (Lipinski definition) is 3.